The van der Waals surface area contributed by atoms with E-state index in [-0.39, 0.29) is 11.1 Å². The molecule has 2 aromatic rings. The molecule has 0 saturated carbocycles. The van der Waals surface area contributed by atoms with Crippen molar-refractivity contribution in [2.45, 2.75) is 26.6 Å². The van der Waals surface area contributed by atoms with Gasteiger partial charge in [-0.15, -0.1) is 0 Å². The highest BCUT2D eigenvalue weighted by atomic mass is 19.4. The molecule has 1 aromatic heterocycles. The highest BCUT2D eigenvalue weighted by Crippen LogP contribution is 2.32. The molecule has 0 spiro atoms. The minimum absolute atomic E-state index is 0.0446. The smallest absolute Gasteiger partial charge is 0.307 e. The Morgan fingerprint density at radius 3 is 2.67 bits per heavy atom. The van der Waals surface area contributed by atoms with Gasteiger partial charge < -0.3 is 5.32 Å². The van der Waals surface area contributed by atoms with E-state index in [1.165, 1.54) is 29.9 Å². The van der Waals surface area contributed by atoms with Crippen LogP contribution in [0.25, 0.3) is 0 Å². The Morgan fingerprint density at radius 1 is 1.33 bits per heavy atom. The maximum atomic E-state index is 12.8. The number of hydrogen-bond acceptors (Lipinski definition) is 2. The number of amides is 1. The van der Waals surface area contributed by atoms with Crippen LogP contribution in [0.1, 0.15) is 28.4 Å². The summed E-state index contributed by atoms with van der Waals surface area (Å²) >= 11 is 0. The van der Waals surface area contributed by atoms with Crippen molar-refractivity contribution in [3.8, 4) is 0 Å². The van der Waals surface area contributed by atoms with Crippen LogP contribution in [0.4, 0.5) is 19.0 Å². The monoisotopic (exact) mass is 297 g/mol. The summed E-state index contributed by atoms with van der Waals surface area (Å²) in [5.74, 6) is -0.160. The maximum Gasteiger partial charge on any atom is 0.416 e. The van der Waals surface area contributed by atoms with Gasteiger partial charge in [0.1, 0.15) is 5.82 Å². The van der Waals surface area contributed by atoms with Crippen molar-refractivity contribution in [1.82, 2.24) is 9.78 Å². The molecule has 1 N–H and O–H groups in total. The van der Waals surface area contributed by atoms with Crippen molar-refractivity contribution in [1.29, 1.82) is 0 Å². The van der Waals surface area contributed by atoms with Crippen molar-refractivity contribution in [3.63, 3.8) is 0 Å². The van der Waals surface area contributed by atoms with Gasteiger partial charge in [-0.05, 0) is 31.5 Å². The topological polar surface area (TPSA) is 46.9 Å². The zero-order valence-electron chi connectivity index (χ0n) is 11.5. The van der Waals surface area contributed by atoms with Gasteiger partial charge in [0.05, 0.1) is 11.8 Å². The molecular formula is C14H14F3N3O. The zero-order chi connectivity index (χ0) is 15.6. The van der Waals surface area contributed by atoms with Crippen LogP contribution in [0, 0.1) is 6.92 Å². The van der Waals surface area contributed by atoms with Crippen LogP contribution in [0.2, 0.25) is 0 Å². The third kappa shape index (κ3) is 3.24. The summed E-state index contributed by atoms with van der Waals surface area (Å²) < 4.78 is 40.1. The van der Waals surface area contributed by atoms with Gasteiger partial charge in [-0.25, -0.2) is 4.68 Å². The first kappa shape index (κ1) is 15.1. The number of alkyl halides is 3. The Balaban J connectivity index is 2.28. The molecule has 1 amide bonds. The molecule has 21 heavy (non-hydrogen) atoms. The van der Waals surface area contributed by atoms with E-state index < -0.39 is 17.6 Å². The summed E-state index contributed by atoms with van der Waals surface area (Å²) in [7, 11) is 0. The Morgan fingerprint density at radius 2 is 2.05 bits per heavy atom. The molecule has 0 aliphatic heterocycles. The Bertz CT molecular complexity index is 662. The van der Waals surface area contributed by atoms with Crippen LogP contribution >= 0.6 is 0 Å². The molecule has 2 rings (SSSR count). The van der Waals surface area contributed by atoms with E-state index >= 15 is 0 Å². The Labute approximate surface area is 119 Å². The third-order valence-corrected chi connectivity index (χ3v) is 3.06. The lowest BCUT2D eigenvalue weighted by atomic mass is 10.0. The number of halogens is 3. The number of nitrogens with zero attached hydrogens (tertiary/aromatic N) is 2. The summed E-state index contributed by atoms with van der Waals surface area (Å²) in [6, 6.07) is 5.10. The molecule has 0 atom stereocenters. The fourth-order valence-corrected chi connectivity index (χ4v) is 1.95. The summed E-state index contributed by atoms with van der Waals surface area (Å²) in [6.07, 6.45) is -2.97. The second-order valence-corrected chi connectivity index (χ2v) is 4.51. The van der Waals surface area contributed by atoms with E-state index in [4.69, 9.17) is 0 Å². The zero-order valence-corrected chi connectivity index (χ0v) is 11.5. The van der Waals surface area contributed by atoms with Gasteiger partial charge in [0.2, 0.25) is 0 Å². The molecule has 0 aliphatic carbocycles. The molecule has 0 bridgehead atoms. The first-order chi connectivity index (χ1) is 9.82. The molecule has 112 valence electrons. The second-order valence-electron chi connectivity index (χ2n) is 4.51. The van der Waals surface area contributed by atoms with Crippen molar-refractivity contribution in [2.75, 3.05) is 5.32 Å². The Kier molecular flexibility index (Phi) is 4.02. The highest BCUT2D eigenvalue weighted by Gasteiger charge is 2.33. The first-order valence-electron chi connectivity index (χ1n) is 6.34. The largest absolute Gasteiger partial charge is 0.416 e. The van der Waals surface area contributed by atoms with Gasteiger partial charge >= 0.3 is 6.18 Å². The fourth-order valence-electron chi connectivity index (χ4n) is 1.95. The fraction of sp³-hybridized carbons (Fsp3) is 0.286. The molecule has 0 aliphatic rings. The summed E-state index contributed by atoms with van der Waals surface area (Å²) in [4.78, 5) is 12.1. The number of aromatic nitrogens is 2. The quantitative estimate of drug-likeness (QED) is 0.942. The standard InChI is InChI=1S/C14H14F3N3O/c1-3-20-12(6-7-18-20)19-13(21)10-5-4-9(2)11(8-10)14(15,16)17/h4-8H,3H2,1-2H3,(H,19,21). The maximum absolute atomic E-state index is 12.8. The van der Waals surface area contributed by atoms with Crippen LogP contribution in [0.5, 0.6) is 0 Å². The lowest BCUT2D eigenvalue weighted by molar-refractivity contribution is -0.138. The molecule has 0 fully saturated rings. The number of benzene rings is 1. The molecule has 0 saturated heterocycles. The van der Waals surface area contributed by atoms with Crippen molar-refractivity contribution < 1.29 is 18.0 Å². The van der Waals surface area contributed by atoms with E-state index in [2.05, 4.69) is 10.4 Å². The Hall–Kier alpha value is -2.31. The number of aryl methyl sites for hydroxylation is 2. The number of rotatable bonds is 3. The first-order valence-corrected chi connectivity index (χ1v) is 6.34. The average molecular weight is 297 g/mol. The predicted molar refractivity (Wildman–Crippen MR) is 72.0 cm³/mol. The number of carbonyl (C=O) groups excluding carboxylic acids is 1. The SMILES string of the molecule is CCn1nccc1NC(=O)c1ccc(C)c(C(F)(F)F)c1. The molecule has 1 aromatic carbocycles. The predicted octanol–water partition coefficient (Wildman–Crippen LogP) is 3.48. The number of hydrogen-bond donors (Lipinski definition) is 1. The molecular weight excluding hydrogens is 283 g/mol. The van der Waals surface area contributed by atoms with E-state index in [9.17, 15) is 18.0 Å². The highest BCUT2D eigenvalue weighted by molar-refractivity contribution is 6.04. The van der Waals surface area contributed by atoms with Crippen molar-refractivity contribution >= 4 is 11.7 Å². The van der Waals surface area contributed by atoms with Crippen LogP contribution in [0.15, 0.2) is 30.5 Å². The van der Waals surface area contributed by atoms with Crippen LogP contribution in [-0.4, -0.2) is 15.7 Å². The van der Waals surface area contributed by atoms with Gasteiger partial charge in [-0.1, -0.05) is 6.07 Å². The van der Waals surface area contributed by atoms with Gasteiger partial charge in [0.15, 0.2) is 0 Å². The third-order valence-electron chi connectivity index (χ3n) is 3.06. The molecule has 4 nitrogen and oxygen atoms in total. The minimum atomic E-state index is -4.48. The van der Waals surface area contributed by atoms with Gasteiger partial charge in [-0.3, -0.25) is 4.79 Å². The van der Waals surface area contributed by atoms with Crippen LogP contribution in [0.3, 0.4) is 0 Å². The lowest BCUT2D eigenvalue weighted by Crippen LogP contribution is -2.17. The molecule has 0 unspecified atom stereocenters. The van der Waals surface area contributed by atoms with Crippen LogP contribution in [-0.2, 0) is 12.7 Å². The summed E-state index contributed by atoms with van der Waals surface area (Å²) in [5.41, 5.74) is -0.770. The van der Waals surface area contributed by atoms with Crippen molar-refractivity contribution in [2.24, 2.45) is 0 Å². The van der Waals surface area contributed by atoms with E-state index in [0.29, 0.717) is 12.4 Å². The summed E-state index contributed by atoms with van der Waals surface area (Å²) in [6.45, 7) is 3.75. The summed E-state index contributed by atoms with van der Waals surface area (Å²) in [5, 5.41) is 6.52. The van der Waals surface area contributed by atoms with Gasteiger partial charge in [0, 0.05) is 18.2 Å². The second kappa shape index (κ2) is 5.59. The minimum Gasteiger partial charge on any atom is -0.307 e. The van der Waals surface area contributed by atoms with Crippen molar-refractivity contribution in [3.05, 3.63) is 47.2 Å². The molecule has 1 heterocycles. The van der Waals surface area contributed by atoms with E-state index in [0.717, 1.165) is 6.07 Å². The molecule has 7 heteroatoms. The number of anilines is 1. The average Bonchev–Trinajstić information content (AvgIpc) is 2.85. The molecule has 0 radical (unpaired) electrons. The normalized spacial score (nSPS) is 11.5. The lowest BCUT2D eigenvalue weighted by Gasteiger charge is -2.12. The van der Waals surface area contributed by atoms with Crippen LogP contribution < -0.4 is 5.32 Å². The van der Waals surface area contributed by atoms with E-state index in [1.807, 2.05) is 6.92 Å². The van der Waals surface area contributed by atoms with Gasteiger partial charge in [0.25, 0.3) is 5.91 Å². The van der Waals surface area contributed by atoms with Gasteiger partial charge in [-0.2, -0.15) is 18.3 Å². The number of carbonyl (C=O) groups is 1. The number of nitrogens with one attached hydrogen (secondary N) is 1. The van der Waals surface area contributed by atoms with E-state index in [1.54, 1.807) is 6.07 Å².